The highest BCUT2D eigenvalue weighted by Gasteiger charge is 2.20. The zero-order valence-electron chi connectivity index (χ0n) is 17.2. The molecule has 0 saturated heterocycles. The van der Waals surface area contributed by atoms with E-state index in [0.29, 0.717) is 23.1 Å². The van der Waals surface area contributed by atoms with Crippen molar-refractivity contribution in [2.24, 2.45) is 0 Å². The summed E-state index contributed by atoms with van der Waals surface area (Å²) in [7, 11) is 0. The summed E-state index contributed by atoms with van der Waals surface area (Å²) in [6.45, 7) is 2.65. The van der Waals surface area contributed by atoms with E-state index in [4.69, 9.17) is 16.3 Å². The monoisotopic (exact) mass is 437 g/mol. The van der Waals surface area contributed by atoms with Crippen LogP contribution in [0.15, 0.2) is 72.9 Å². The van der Waals surface area contributed by atoms with Gasteiger partial charge in [0.25, 0.3) is 5.91 Å². The van der Waals surface area contributed by atoms with Gasteiger partial charge in [-0.05, 0) is 30.7 Å². The third-order valence-electron chi connectivity index (χ3n) is 4.62. The molecule has 1 atom stereocenters. The topological polar surface area (TPSA) is 80.3 Å². The number of hydrogen-bond donors (Lipinski definition) is 2. The molecule has 0 bridgehead atoms. The Bertz CT molecular complexity index is 1030. The number of halogens is 1. The quantitative estimate of drug-likeness (QED) is 0.522. The minimum Gasteiger partial charge on any atom is -0.478 e. The van der Waals surface area contributed by atoms with E-state index < -0.39 is 6.04 Å². The van der Waals surface area contributed by atoms with Gasteiger partial charge in [-0.25, -0.2) is 4.98 Å². The first kappa shape index (κ1) is 22.3. The second kappa shape index (κ2) is 11.1. The molecule has 0 radical (unpaired) electrons. The van der Waals surface area contributed by atoms with E-state index in [1.807, 2.05) is 43.3 Å². The van der Waals surface area contributed by atoms with Crippen LogP contribution in [0.5, 0.6) is 5.88 Å². The van der Waals surface area contributed by atoms with Gasteiger partial charge >= 0.3 is 0 Å². The molecule has 31 heavy (non-hydrogen) atoms. The van der Waals surface area contributed by atoms with Gasteiger partial charge in [0.2, 0.25) is 11.8 Å². The van der Waals surface area contributed by atoms with Crippen LogP contribution in [0.2, 0.25) is 5.02 Å². The number of pyridine rings is 1. The molecule has 3 rings (SSSR count). The van der Waals surface area contributed by atoms with Gasteiger partial charge in [0.05, 0.1) is 29.7 Å². The van der Waals surface area contributed by atoms with Gasteiger partial charge < -0.3 is 15.4 Å². The lowest BCUT2D eigenvalue weighted by molar-refractivity contribution is -0.121. The molecular formula is C24H24ClN3O3. The first-order valence-electron chi connectivity index (χ1n) is 10.0. The van der Waals surface area contributed by atoms with Crippen molar-refractivity contribution in [2.45, 2.75) is 25.9 Å². The fourth-order valence-electron chi connectivity index (χ4n) is 3.10. The third-order valence-corrected chi connectivity index (χ3v) is 4.95. The minimum absolute atomic E-state index is 0.0738. The Morgan fingerprint density at radius 3 is 2.52 bits per heavy atom. The van der Waals surface area contributed by atoms with Crippen molar-refractivity contribution < 1.29 is 14.3 Å². The molecule has 2 N–H and O–H groups in total. The summed E-state index contributed by atoms with van der Waals surface area (Å²) >= 11 is 6.15. The molecule has 6 nitrogen and oxygen atoms in total. The Morgan fingerprint density at radius 1 is 1.03 bits per heavy atom. The summed E-state index contributed by atoms with van der Waals surface area (Å²) in [6.07, 6.45) is 1.72. The van der Waals surface area contributed by atoms with Crippen molar-refractivity contribution in [3.8, 4) is 5.88 Å². The van der Waals surface area contributed by atoms with Crippen LogP contribution in [0.4, 0.5) is 0 Å². The summed E-state index contributed by atoms with van der Waals surface area (Å²) in [6, 6.07) is 19.3. The highest BCUT2D eigenvalue weighted by atomic mass is 35.5. The number of carbonyl (C=O) groups is 2. The van der Waals surface area contributed by atoms with E-state index >= 15 is 0 Å². The fraction of sp³-hybridized carbons (Fsp3) is 0.208. The maximum Gasteiger partial charge on any atom is 0.253 e. The van der Waals surface area contributed by atoms with Crippen molar-refractivity contribution >= 4 is 23.4 Å². The van der Waals surface area contributed by atoms with Crippen molar-refractivity contribution in [3.05, 3.63) is 94.6 Å². The van der Waals surface area contributed by atoms with Gasteiger partial charge in [0, 0.05) is 18.3 Å². The van der Waals surface area contributed by atoms with E-state index in [-0.39, 0.29) is 24.8 Å². The smallest absolute Gasteiger partial charge is 0.253 e. The number of nitrogens with one attached hydrogen (secondary N) is 2. The second-order valence-corrected chi connectivity index (χ2v) is 7.21. The molecule has 160 valence electrons. The van der Waals surface area contributed by atoms with Crippen LogP contribution in [0.25, 0.3) is 0 Å². The predicted molar refractivity (Wildman–Crippen MR) is 120 cm³/mol. The normalized spacial score (nSPS) is 11.4. The number of amides is 2. The van der Waals surface area contributed by atoms with Gasteiger partial charge in [-0.2, -0.15) is 0 Å². The van der Waals surface area contributed by atoms with E-state index in [0.717, 1.165) is 11.1 Å². The summed E-state index contributed by atoms with van der Waals surface area (Å²) in [4.78, 5) is 29.7. The van der Waals surface area contributed by atoms with Crippen molar-refractivity contribution in [2.75, 3.05) is 6.61 Å². The number of aromatic nitrogens is 1. The van der Waals surface area contributed by atoms with E-state index in [2.05, 4.69) is 15.6 Å². The van der Waals surface area contributed by atoms with Crippen molar-refractivity contribution in [3.63, 3.8) is 0 Å². The number of rotatable bonds is 9. The Hall–Kier alpha value is -3.38. The van der Waals surface area contributed by atoms with Crippen LogP contribution in [-0.2, 0) is 11.3 Å². The lowest BCUT2D eigenvalue weighted by atomic mass is 10.0. The zero-order chi connectivity index (χ0) is 22.1. The molecule has 0 spiro atoms. The molecule has 0 aliphatic rings. The number of ether oxygens (including phenoxy) is 1. The maximum atomic E-state index is 12.8. The van der Waals surface area contributed by atoms with Crippen LogP contribution in [-0.4, -0.2) is 23.4 Å². The van der Waals surface area contributed by atoms with Gasteiger partial charge in [-0.3, -0.25) is 9.59 Å². The molecule has 1 unspecified atom stereocenters. The first-order chi connectivity index (χ1) is 15.1. The van der Waals surface area contributed by atoms with Crippen LogP contribution >= 0.6 is 11.6 Å². The molecule has 2 amide bonds. The van der Waals surface area contributed by atoms with Gasteiger partial charge in [-0.15, -0.1) is 0 Å². The molecule has 7 heteroatoms. The van der Waals surface area contributed by atoms with Gasteiger partial charge in [-0.1, -0.05) is 60.1 Å². The lowest BCUT2D eigenvalue weighted by Crippen LogP contribution is -2.33. The maximum absolute atomic E-state index is 12.8. The molecule has 1 heterocycles. The largest absolute Gasteiger partial charge is 0.478 e. The van der Waals surface area contributed by atoms with E-state index in [1.54, 1.807) is 36.5 Å². The Labute approximate surface area is 186 Å². The molecule has 3 aromatic rings. The third kappa shape index (κ3) is 6.30. The number of benzene rings is 2. The van der Waals surface area contributed by atoms with Crippen LogP contribution in [0.1, 0.15) is 40.9 Å². The molecule has 0 fully saturated rings. The van der Waals surface area contributed by atoms with Gasteiger partial charge in [0.15, 0.2) is 0 Å². The second-order valence-electron chi connectivity index (χ2n) is 6.80. The SMILES string of the molecule is CCOc1ncccc1CNC(=O)CC(NC(=O)c1ccccc1Cl)c1ccccc1. The molecule has 0 aliphatic heterocycles. The number of hydrogen-bond acceptors (Lipinski definition) is 4. The summed E-state index contributed by atoms with van der Waals surface area (Å²) in [5.41, 5.74) is 1.98. The highest BCUT2D eigenvalue weighted by molar-refractivity contribution is 6.33. The standard InChI is InChI=1S/C24H24ClN3O3/c1-2-31-24-18(11-8-14-26-24)16-27-22(29)15-21(17-9-4-3-5-10-17)28-23(30)19-12-6-7-13-20(19)25/h3-14,21H,2,15-16H2,1H3,(H,27,29)(H,28,30). The Kier molecular flexibility index (Phi) is 8.01. The van der Waals surface area contributed by atoms with E-state index in [1.165, 1.54) is 0 Å². The van der Waals surface area contributed by atoms with E-state index in [9.17, 15) is 9.59 Å². The molecular weight excluding hydrogens is 414 g/mol. The summed E-state index contributed by atoms with van der Waals surface area (Å²) < 4.78 is 5.50. The fourth-order valence-corrected chi connectivity index (χ4v) is 3.32. The first-order valence-corrected chi connectivity index (χ1v) is 10.4. The molecule has 0 aliphatic carbocycles. The zero-order valence-corrected chi connectivity index (χ0v) is 17.9. The Morgan fingerprint density at radius 2 is 1.77 bits per heavy atom. The van der Waals surface area contributed by atoms with Crippen LogP contribution in [0.3, 0.4) is 0 Å². The average Bonchev–Trinajstić information content (AvgIpc) is 2.79. The minimum atomic E-state index is -0.509. The van der Waals surface area contributed by atoms with Crippen molar-refractivity contribution in [1.29, 1.82) is 0 Å². The van der Waals surface area contributed by atoms with Crippen LogP contribution in [0, 0.1) is 0 Å². The molecule has 2 aromatic carbocycles. The van der Waals surface area contributed by atoms with Crippen LogP contribution < -0.4 is 15.4 Å². The summed E-state index contributed by atoms with van der Waals surface area (Å²) in [5, 5.41) is 6.17. The predicted octanol–water partition coefficient (Wildman–Crippen LogP) is 4.31. The number of nitrogens with zero attached hydrogens (tertiary/aromatic N) is 1. The number of carbonyl (C=O) groups excluding carboxylic acids is 2. The highest BCUT2D eigenvalue weighted by Crippen LogP contribution is 2.21. The molecule has 1 aromatic heterocycles. The molecule has 0 saturated carbocycles. The summed E-state index contributed by atoms with van der Waals surface area (Å²) in [5.74, 6) is -0.0466. The lowest BCUT2D eigenvalue weighted by Gasteiger charge is -2.20. The van der Waals surface area contributed by atoms with Crippen molar-refractivity contribution in [1.82, 2.24) is 15.6 Å². The van der Waals surface area contributed by atoms with Gasteiger partial charge in [0.1, 0.15) is 0 Å². The average molecular weight is 438 g/mol. The Balaban J connectivity index is 1.70.